The molecule has 1 atom stereocenters. The van der Waals surface area contributed by atoms with Gasteiger partial charge in [-0.2, -0.15) is 0 Å². The summed E-state index contributed by atoms with van der Waals surface area (Å²) in [4.78, 5) is 23.4. The number of hydrogen-bond donors (Lipinski definition) is 2. The molecule has 5 nitrogen and oxygen atoms in total. The van der Waals surface area contributed by atoms with Gasteiger partial charge >= 0.3 is 5.97 Å². The van der Waals surface area contributed by atoms with Crippen molar-refractivity contribution in [3.63, 3.8) is 0 Å². The molecule has 0 saturated carbocycles. The molecule has 1 aliphatic heterocycles. The van der Waals surface area contributed by atoms with E-state index in [1.165, 1.54) is 0 Å². The molecule has 0 aliphatic carbocycles. The topological polar surface area (TPSA) is 75.6 Å². The molecule has 0 spiro atoms. The molecule has 0 aromatic heterocycles. The molecule has 0 saturated heterocycles. The Balaban J connectivity index is 3.19. The van der Waals surface area contributed by atoms with Crippen LogP contribution in [0.3, 0.4) is 0 Å². The minimum atomic E-state index is -1.65. The highest BCUT2D eigenvalue weighted by Gasteiger charge is 2.44. The van der Waals surface area contributed by atoms with Crippen LogP contribution in [-0.4, -0.2) is 35.7 Å². The molecule has 1 rings (SSSR count). The first-order chi connectivity index (χ1) is 8.01. The van der Waals surface area contributed by atoms with Gasteiger partial charge < -0.3 is 15.2 Å². The van der Waals surface area contributed by atoms with Gasteiger partial charge in [0.05, 0.1) is 5.57 Å². The maximum Gasteiger partial charge on any atom is 0.342 e. The summed E-state index contributed by atoms with van der Waals surface area (Å²) in [6.45, 7) is 5.75. The second kappa shape index (κ2) is 5.31. The molecule has 0 radical (unpaired) electrons. The third-order valence-electron chi connectivity index (χ3n) is 3.03. The fourth-order valence-corrected chi connectivity index (χ4v) is 2.05. The normalized spacial score (nSPS) is 24.6. The second-order valence-electron chi connectivity index (χ2n) is 3.96. The van der Waals surface area contributed by atoms with Crippen molar-refractivity contribution >= 4 is 11.9 Å². The summed E-state index contributed by atoms with van der Waals surface area (Å²) in [7, 11) is 0. The van der Waals surface area contributed by atoms with Crippen molar-refractivity contribution in [3.05, 3.63) is 11.1 Å². The predicted octanol–water partition coefficient (Wildman–Crippen LogP) is 0.527. The number of aliphatic hydroxyl groups is 1. The smallest absolute Gasteiger partial charge is 0.342 e. The van der Waals surface area contributed by atoms with Gasteiger partial charge in [0.15, 0.2) is 5.60 Å². The van der Waals surface area contributed by atoms with E-state index in [1.54, 1.807) is 6.92 Å². The number of carbonyl (C=O) groups excluding carboxylic acids is 2. The monoisotopic (exact) mass is 241 g/mol. The summed E-state index contributed by atoms with van der Waals surface area (Å²) in [5.41, 5.74) is -0.798. The minimum absolute atomic E-state index is 0.0594. The Morgan fingerprint density at radius 2 is 2.12 bits per heavy atom. The quantitative estimate of drug-likeness (QED) is 0.704. The third-order valence-corrected chi connectivity index (χ3v) is 3.03. The van der Waals surface area contributed by atoms with Gasteiger partial charge in [0.2, 0.25) is 0 Å². The van der Waals surface area contributed by atoms with E-state index in [0.717, 1.165) is 0 Å². The minimum Gasteiger partial charge on any atom is -0.458 e. The average molecular weight is 241 g/mol. The summed E-state index contributed by atoms with van der Waals surface area (Å²) in [5.74, 6) is -0.936. The highest BCUT2D eigenvalue weighted by Crippen LogP contribution is 2.32. The van der Waals surface area contributed by atoms with E-state index in [0.29, 0.717) is 24.1 Å². The lowest BCUT2D eigenvalue weighted by atomic mass is 9.83. The zero-order valence-electron chi connectivity index (χ0n) is 10.5. The van der Waals surface area contributed by atoms with Crippen molar-refractivity contribution in [1.82, 2.24) is 5.32 Å². The summed E-state index contributed by atoms with van der Waals surface area (Å²) in [5, 5.41) is 12.9. The van der Waals surface area contributed by atoms with Gasteiger partial charge in [0.1, 0.15) is 6.61 Å². The van der Waals surface area contributed by atoms with Gasteiger partial charge in [0, 0.05) is 6.54 Å². The Kier molecular flexibility index (Phi) is 4.28. The average Bonchev–Trinajstić information content (AvgIpc) is 2.32. The van der Waals surface area contributed by atoms with Crippen LogP contribution in [0, 0.1) is 0 Å². The maximum absolute atomic E-state index is 11.8. The van der Waals surface area contributed by atoms with E-state index in [-0.39, 0.29) is 18.9 Å². The highest BCUT2D eigenvalue weighted by molar-refractivity contribution is 5.99. The summed E-state index contributed by atoms with van der Waals surface area (Å²) in [6.07, 6.45) is 0.657. The molecular weight excluding hydrogens is 222 g/mol. The lowest BCUT2D eigenvalue weighted by Crippen LogP contribution is -2.47. The second-order valence-corrected chi connectivity index (χ2v) is 3.96. The van der Waals surface area contributed by atoms with Crippen molar-refractivity contribution in [2.75, 3.05) is 13.2 Å². The number of amides is 1. The molecule has 0 aromatic rings. The largest absolute Gasteiger partial charge is 0.458 e. The standard InChI is InChI=1S/C12H19NO4/c1-4-9-8(10(14)13-6-3)7-17-11(15)12(9,16)5-2/h16H,4-7H2,1-3H3,(H,13,14)/t12-/m0/s1. The molecular formula is C12H19NO4. The van der Waals surface area contributed by atoms with Crippen LogP contribution < -0.4 is 5.32 Å². The number of nitrogens with one attached hydrogen (secondary N) is 1. The van der Waals surface area contributed by atoms with Gasteiger partial charge in [-0.15, -0.1) is 0 Å². The van der Waals surface area contributed by atoms with Crippen molar-refractivity contribution < 1.29 is 19.4 Å². The molecule has 17 heavy (non-hydrogen) atoms. The zero-order chi connectivity index (χ0) is 13.1. The van der Waals surface area contributed by atoms with Gasteiger partial charge in [-0.1, -0.05) is 13.8 Å². The van der Waals surface area contributed by atoms with E-state index < -0.39 is 11.6 Å². The number of hydrogen-bond acceptors (Lipinski definition) is 4. The first-order valence-corrected chi connectivity index (χ1v) is 5.91. The van der Waals surface area contributed by atoms with Gasteiger partial charge in [-0.25, -0.2) is 4.79 Å². The molecule has 1 heterocycles. The van der Waals surface area contributed by atoms with E-state index in [9.17, 15) is 14.7 Å². The molecule has 1 amide bonds. The molecule has 0 unspecified atom stereocenters. The van der Waals surface area contributed by atoms with E-state index in [2.05, 4.69) is 5.32 Å². The first kappa shape index (κ1) is 13.7. The maximum atomic E-state index is 11.8. The van der Waals surface area contributed by atoms with E-state index in [4.69, 9.17) is 4.74 Å². The fraction of sp³-hybridized carbons (Fsp3) is 0.667. The van der Waals surface area contributed by atoms with Crippen LogP contribution >= 0.6 is 0 Å². The predicted molar refractivity (Wildman–Crippen MR) is 62.2 cm³/mol. The number of carbonyl (C=O) groups is 2. The molecule has 96 valence electrons. The van der Waals surface area contributed by atoms with Crippen molar-refractivity contribution in [2.45, 2.75) is 39.2 Å². The summed E-state index contributed by atoms with van der Waals surface area (Å²) in [6, 6.07) is 0. The third kappa shape index (κ3) is 2.34. The molecule has 0 bridgehead atoms. The zero-order valence-corrected chi connectivity index (χ0v) is 10.5. The van der Waals surface area contributed by atoms with Gasteiger partial charge in [-0.05, 0) is 25.3 Å². The van der Waals surface area contributed by atoms with E-state index in [1.807, 2.05) is 13.8 Å². The van der Waals surface area contributed by atoms with Crippen LogP contribution in [0.1, 0.15) is 33.6 Å². The lowest BCUT2D eigenvalue weighted by molar-refractivity contribution is -0.163. The van der Waals surface area contributed by atoms with Gasteiger partial charge in [-0.3, -0.25) is 4.79 Å². The van der Waals surface area contributed by atoms with Crippen molar-refractivity contribution in [3.8, 4) is 0 Å². The summed E-state index contributed by atoms with van der Waals surface area (Å²) >= 11 is 0. The summed E-state index contributed by atoms with van der Waals surface area (Å²) < 4.78 is 4.89. The molecule has 0 fully saturated rings. The Labute approximate surface area is 101 Å². The Morgan fingerprint density at radius 3 is 2.59 bits per heavy atom. The Hall–Kier alpha value is -1.36. The van der Waals surface area contributed by atoms with Crippen LogP contribution in [0.25, 0.3) is 0 Å². The van der Waals surface area contributed by atoms with Crippen LogP contribution in [0.15, 0.2) is 11.1 Å². The highest BCUT2D eigenvalue weighted by atomic mass is 16.6. The molecule has 1 aliphatic rings. The van der Waals surface area contributed by atoms with Crippen LogP contribution in [-0.2, 0) is 14.3 Å². The van der Waals surface area contributed by atoms with Gasteiger partial charge in [0.25, 0.3) is 5.91 Å². The first-order valence-electron chi connectivity index (χ1n) is 5.91. The number of ether oxygens (including phenoxy) is 1. The SMILES string of the molecule is CCNC(=O)C1=C(CC)[C@@](O)(CC)C(=O)OC1. The lowest BCUT2D eigenvalue weighted by Gasteiger charge is -2.33. The number of cyclic esters (lactones) is 1. The van der Waals surface area contributed by atoms with Crippen LogP contribution in [0.5, 0.6) is 0 Å². The molecule has 5 heteroatoms. The van der Waals surface area contributed by atoms with Crippen molar-refractivity contribution in [2.24, 2.45) is 0 Å². The van der Waals surface area contributed by atoms with Crippen molar-refractivity contribution in [1.29, 1.82) is 0 Å². The Morgan fingerprint density at radius 1 is 1.47 bits per heavy atom. The Bertz CT molecular complexity index is 362. The van der Waals surface area contributed by atoms with Crippen LogP contribution in [0.2, 0.25) is 0 Å². The molecule has 2 N–H and O–H groups in total. The number of rotatable bonds is 4. The fourth-order valence-electron chi connectivity index (χ4n) is 2.05. The van der Waals surface area contributed by atoms with E-state index >= 15 is 0 Å². The van der Waals surface area contributed by atoms with Crippen LogP contribution in [0.4, 0.5) is 0 Å². The number of likely N-dealkylation sites (N-methyl/N-ethyl adjacent to an activating group) is 1. The number of esters is 1. The molecule has 0 aromatic carbocycles.